The van der Waals surface area contributed by atoms with Crippen molar-refractivity contribution in [1.82, 2.24) is 9.78 Å². The van der Waals surface area contributed by atoms with Crippen LogP contribution in [0.2, 0.25) is 0 Å². The Morgan fingerprint density at radius 1 is 1.50 bits per heavy atom. The summed E-state index contributed by atoms with van der Waals surface area (Å²) in [4.78, 5) is 12.0. The summed E-state index contributed by atoms with van der Waals surface area (Å²) >= 11 is 3.32. The van der Waals surface area contributed by atoms with Gasteiger partial charge in [-0.15, -0.1) is 0 Å². The third-order valence-corrected chi connectivity index (χ3v) is 3.29. The Morgan fingerprint density at radius 3 is 2.72 bits per heavy atom. The summed E-state index contributed by atoms with van der Waals surface area (Å²) in [6.45, 7) is 7.34. The lowest BCUT2D eigenvalue weighted by molar-refractivity contribution is 0.164. The molecule has 0 saturated heterocycles. The maximum Gasteiger partial charge on any atom is 0.283 e. The molecule has 0 aliphatic rings. The summed E-state index contributed by atoms with van der Waals surface area (Å²) in [5.74, 6) is 0.370. The summed E-state index contributed by atoms with van der Waals surface area (Å²) in [5.41, 5.74) is 0.606. The number of hydrogen-bond acceptors (Lipinski definition) is 4. The minimum Gasteiger partial charge on any atom is -0.384 e. The molecule has 102 valence electrons. The van der Waals surface area contributed by atoms with Crippen LogP contribution in [0.1, 0.15) is 26.8 Å². The lowest BCUT2D eigenvalue weighted by Crippen LogP contribution is -2.26. The summed E-state index contributed by atoms with van der Waals surface area (Å²) in [7, 11) is 1.68. The lowest BCUT2D eigenvalue weighted by Gasteiger charge is -2.15. The standard InChI is InChI=1S/C12H20BrN3O2/c1-8(2)16-12(17)11(13)10(6-15-16)14-5-9(3)7-18-4/h6,8-9,14H,5,7H2,1-4H3. The molecule has 0 bridgehead atoms. The summed E-state index contributed by atoms with van der Waals surface area (Å²) in [6.07, 6.45) is 1.67. The van der Waals surface area contributed by atoms with Gasteiger partial charge in [-0.3, -0.25) is 4.79 Å². The Hall–Kier alpha value is -0.880. The normalized spacial score (nSPS) is 12.8. The molecule has 1 aromatic rings. The Bertz CT molecular complexity index is 445. The highest BCUT2D eigenvalue weighted by molar-refractivity contribution is 9.10. The van der Waals surface area contributed by atoms with Crippen molar-refractivity contribution in [2.45, 2.75) is 26.8 Å². The van der Waals surface area contributed by atoms with Gasteiger partial charge < -0.3 is 10.1 Å². The molecule has 0 radical (unpaired) electrons. The zero-order valence-corrected chi connectivity index (χ0v) is 12.8. The molecule has 1 aromatic heterocycles. The number of anilines is 1. The van der Waals surface area contributed by atoms with E-state index in [0.717, 1.165) is 12.2 Å². The summed E-state index contributed by atoms with van der Waals surface area (Å²) in [6, 6.07) is 0.0512. The largest absolute Gasteiger partial charge is 0.384 e. The van der Waals surface area contributed by atoms with Gasteiger partial charge in [-0.05, 0) is 35.7 Å². The van der Waals surface area contributed by atoms with E-state index in [4.69, 9.17) is 4.74 Å². The van der Waals surface area contributed by atoms with Crippen molar-refractivity contribution in [3.05, 3.63) is 21.0 Å². The second kappa shape index (κ2) is 6.89. The van der Waals surface area contributed by atoms with Gasteiger partial charge in [0.2, 0.25) is 0 Å². The third-order valence-electron chi connectivity index (χ3n) is 2.52. The van der Waals surface area contributed by atoms with Gasteiger partial charge in [0, 0.05) is 13.7 Å². The van der Waals surface area contributed by atoms with Crippen molar-refractivity contribution < 1.29 is 4.74 Å². The molecule has 0 saturated carbocycles. The summed E-state index contributed by atoms with van der Waals surface area (Å²) in [5, 5.41) is 7.34. The average Bonchev–Trinajstić information content (AvgIpc) is 2.31. The van der Waals surface area contributed by atoms with Crippen LogP contribution in [0.25, 0.3) is 0 Å². The quantitative estimate of drug-likeness (QED) is 0.874. The fourth-order valence-corrected chi connectivity index (χ4v) is 1.99. The second-order valence-electron chi connectivity index (χ2n) is 4.66. The molecule has 0 fully saturated rings. The van der Waals surface area contributed by atoms with Crippen LogP contribution in [0.5, 0.6) is 0 Å². The molecule has 1 heterocycles. The van der Waals surface area contributed by atoms with E-state index in [2.05, 4.69) is 33.3 Å². The SMILES string of the molecule is COCC(C)CNc1cnn(C(C)C)c(=O)c1Br. The van der Waals surface area contributed by atoms with E-state index in [1.165, 1.54) is 4.68 Å². The average molecular weight is 318 g/mol. The van der Waals surface area contributed by atoms with Gasteiger partial charge in [0.1, 0.15) is 4.47 Å². The van der Waals surface area contributed by atoms with Gasteiger partial charge in [0.25, 0.3) is 5.56 Å². The highest BCUT2D eigenvalue weighted by Crippen LogP contribution is 2.17. The molecular formula is C12H20BrN3O2. The maximum absolute atomic E-state index is 12.0. The first-order chi connectivity index (χ1) is 8.47. The Labute approximate surface area is 116 Å². The number of aromatic nitrogens is 2. The van der Waals surface area contributed by atoms with Crippen LogP contribution in [0.3, 0.4) is 0 Å². The van der Waals surface area contributed by atoms with Gasteiger partial charge >= 0.3 is 0 Å². The van der Waals surface area contributed by atoms with E-state index in [1.807, 2.05) is 13.8 Å². The van der Waals surface area contributed by atoms with Gasteiger partial charge in [0.15, 0.2) is 0 Å². The first-order valence-corrected chi connectivity index (χ1v) is 6.76. The van der Waals surface area contributed by atoms with Gasteiger partial charge in [-0.2, -0.15) is 5.10 Å². The van der Waals surface area contributed by atoms with Crippen LogP contribution in [0.4, 0.5) is 5.69 Å². The van der Waals surface area contributed by atoms with Crippen molar-refractivity contribution in [3.8, 4) is 0 Å². The zero-order chi connectivity index (χ0) is 13.7. The topological polar surface area (TPSA) is 56.1 Å². The maximum atomic E-state index is 12.0. The van der Waals surface area contributed by atoms with Gasteiger partial charge in [-0.25, -0.2) is 4.68 Å². The molecule has 6 heteroatoms. The lowest BCUT2D eigenvalue weighted by atomic mass is 10.2. The van der Waals surface area contributed by atoms with Crippen LogP contribution < -0.4 is 10.9 Å². The highest BCUT2D eigenvalue weighted by atomic mass is 79.9. The fourth-order valence-electron chi connectivity index (χ4n) is 1.56. The highest BCUT2D eigenvalue weighted by Gasteiger charge is 2.11. The predicted octanol–water partition coefficient (Wildman–Crippen LogP) is 2.28. The molecule has 0 aliphatic carbocycles. The number of methoxy groups -OCH3 is 1. The molecule has 1 unspecified atom stereocenters. The van der Waals surface area contributed by atoms with Gasteiger partial charge in [0.05, 0.1) is 24.5 Å². The minimum atomic E-state index is -0.116. The number of ether oxygens (including phenoxy) is 1. The third kappa shape index (κ3) is 3.81. The van der Waals surface area contributed by atoms with Crippen LogP contribution >= 0.6 is 15.9 Å². The first-order valence-electron chi connectivity index (χ1n) is 5.97. The molecule has 0 amide bonds. The molecule has 0 aliphatic heterocycles. The van der Waals surface area contributed by atoms with Crippen molar-refractivity contribution in [3.63, 3.8) is 0 Å². The molecule has 1 rings (SSSR count). The number of hydrogen-bond donors (Lipinski definition) is 1. The number of nitrogens with zero attached hydrogens (tertiary/aromatic N) is 2. The molecule has 1 N–H and O–H groups in total. The van der Waals surface area contributed by atoms with E-state index in [0.29, 0.717) is 17.0 Å². The molecule has 1 atom stereocenters. The first kappa shape index (κ1) is 15.2. The van der Waals surface area contributed by atoms with Crippen molar-refractivity contribution in [2.24, 2.45) is 5.92 Å². The predicted molar refractivity (Wildman–Crippen MR) is 76.1 cm³/mol. The van der Waals surface area contributed by atoms with Crippen molar-refractivity contribution in [1.29, 1.82) is 0 Å². The van der Waals surface area contributed by atoms with Gasteiger partial charge in [-0.1, -0.05) is 6.92 Å². The fraction of sp³-hybridized carbons (Fsp3) is 0.667. The molecular weight excluding hydrogens is 298 g/mol. The van der Waals surface area contributed by atoms with E-state index in [1.54, 1.807) is 13.3 Å². The smallest absolute Gasteiger partial charge is 0.283 e. The van der Waals surface area contributed by atoms with E-state index in [9.17, 15) is 4.79 Å². The van der Waals surface area contributed by atoms with Crippen molar-refractivity contribution >= 4 is 21.6 Å². The molecule has 5 nitrogen and oxygen atoms in total. The van der Waals surface area contributed by atoms with Crippen molar-refractivity contribution in [2.75, 3.05) is 25.6 Å². The summed E-state index contributed by atoms with van der Waals surface area (Å²) < 4.78 is 7.04. The Kier molecular flexibility index (Phi) is 5.81. The van der Waals surface area contributed by atoms with Crippen LogP contribution in [0.15, 0.2) is 15.5 Å². The molecule has 18 heavy (non-hydrogen) atoms. The van der Waals surface area contributed by atoms with E-state index in [-0.39, 0.29) is 11.6 Å². The van der Waals surface area contributed by atoms with Crippen LogP contribution in [0, 0.1) is 5.92 Å². The van der Waals surface area contributed by atoms with Crippen LogP contribution in [-0.4, -0.2) is 30.0 Å². The zero-order valence-electron chi connectivity index (χ0n) is 11.2. The number of halogens is 1. The van der Waals surface area contributed by atoms with Crippen LogP contribution in [-0.2, 0) is 4.74 Å². The number of nitrogens with one attached hydrogen (secondary N) is 1. The molecule has 0 aromatic carbocycles. The second-order valence-corrected chi connectivity index (χ2v) is 5.45. The van der Waals surface area contributed by atoms with E-state index >= 15 is 0 Å². The monoisotopic (exact) mass is 317 g/mol. The number of rotatable bonds is 6. The minimum absolute atomic E-state index is 0.0512. The van der Waals surface area contributed by atoms with E-state index < -0.39 is 0 Å². The molecule has 0 spiro atoms. The Balaban J connectivity index is 2.80. The Morgan fingerprint density at radius 2 is 2.17 bits per heavy atom.